The van der Waals surface area contributed by atoms with Crippen LogP contribution in [0.15, 0.2) is 46.2 Å². The van der Waals surface area contributed by atoms with Crippen LogP contribution in [-0.2, 0) is 0 Å². The van der Waals surface area contributed by atoms with Crippen LogP contribution in [0.2, 0.25) is 0 Å². The zero-order chi connectivity index (χ0) is 17.9. The summed E-state index contributed by atoms with van der Waals surface area (Å²) in [4.78, 5) is 25.8. The maximum Gasteiger partial charge on any atom is 0.262 e. The average molecular weight is 366 g/mol. The SMILES string of the molecule is CSc1ccc(-c2ccnc3nc(NC4CCCCC4)[nH]c(=O)c23)cc1. The van der Waals surface area contributed by atoms with Gasteiger partial charge in [-0.05, 0) is 48.4 Å². The van der Waals surface area contributed by atoms with Crippen LogP contribution in [0.4, 0.5) is 5.95 Å². The zero-order valence-corrected chi connectivity index (χ0v) is 15.6. The molecule has 1 saturated carbocycles. The second-order valence-corrected chi connectivity index (χ2v) is 7.56. The maximum atomic E-state index is 12.8. The maximum absolute atomic E-state index is 12.8. The Balaban J connectivity index is 1.72. The molecule has 0 bridgehead atoms. The Hall–Kier alpha value is -2.34. The standard InChI is InChI=1S/C20H22N4OS/c1-26-15-9-7-13(8-10-15)16-11-12-21-18-17(16)19(25)24-20(23-18)22-14-5-3-2-4-6-14/h7-12,14H,2-6H2,1H3,(H2,21,22,23,24,25). The lowest BCUT2D eigenvalue weighted by atomic mass is 9.96. The molecule has 0 spiro atoms. The van der Waals surface area contributed by atoms with Gasteiger partial charge in [0.15, 0.2) is 5.65 Å². The van der Waals surface area contributed by atoms with E-state index >= 15 is 0 Å². The van der Waals surface area contributed by atoms with Gasteiger partial charge in [0.2, 0.25) is 5.95 Å². The third kappa shape index (κ3) is 3.46. The molecule has 2 heterocycles. The molecule has 0 amide bonds. The van der Waals surface area contributed by atoms with Crippen LogP contribution in [0.25, 0.3) is 22.2 Å². The summed E-state index contributed by atoms with van der Waals surface area (Å²) < 4.78 is 0. The van der Waals surface area contributed by atoms with E-state index in [9.17, 15) is 4.79 Å². The Morgan fingerprint density at radius 1 is 1.12 bits per heavy atom. The van der Waals surface area contributed by atoms with Gasteiger partial charge >= 0.3 is 0 Å². The van der Waals surface area contributed by atoms with Crippen molar-refractivity contribution in [3.05, 3.63) is 46.9 Å². The summed E-state index contributed by atoms with van der Waals surface area (Å²) in [6.45, 7) is 0. The number of thioether (sulfide) groups is 1. The lowest BCUT2D eigenvalue weighted by Gasteiger charge is -2.22. The summed E-state index contributed by atoms with van der Waals surface area (Å²) in [6, 6.07) is 10.5. The van der Waals surface area contributed by atoms with Gasteiger partial charge in [0.05, 0.1) is 5.39 Å². The Labute approximate surface area is 156 Å². The molecule has 5 nitrogen and oxygen atoms in total. The largest absolute Gasteiger partial charge is 0.353 e. The monoisotopic (exact) mass is 366 g/mol. The van der Waals surface area contributed by atoms with Crippen molar-refractivity contribution in [3.63, 3.8) is 0 Å². The van der Waals surface area contributed by atoms with E-state index < -0.39 is 0 Å². The van der Waals surface area contributed by atoms with Gasteiger partial charge in [0.25, 0.3) is 5.56 Å². The number of fused-ring (bicyclic) bond motifs is 1. The van der Waals surface area contributed by atoms with E-state index in [0.29, 0.717) is 23.0 Å². The van der Waals surface area contributed by atoms with Crippen molar-refractivity contribution in [2.45, 2.75) is 43.0 Å². The number of benzene rings is 1. The molecule has 2 aromatic heterocycles. The Bertz CT molecular complexity index is 962. The number of pyridine rings is 1. The van der Waals surface area contributed by atoms with E-state index in [1.54, 1.807) is 18.0 Å². The number of aromatic nitrogens is 3. The first-order valence-corrected chi connectivity index (χ1v) is 10.3. The van der Waals surface area contributed by atoms with Crippen LogP contribution >= 0.6 is 11.8 Å². The molecule has 0 saturated heterocycles. The summed E-state index contributed by atoms with van der Waals surface area (Å²) in [5, 5.41) is 3.92. The second kappa shape index (κ2) is 7.50. The lowest BCUT2D eigenvalue weighted by molar-refractivity contribution is 0.461. The second-order valence-electron chi connectivity index (χ2n) is 6.68. The molecule has 1 aliphatic rings. The van der Waals surface area contributed by atoms with Crippen LogP contribution in [0.3, 0.4) is 0 Å². The molecule has 4 rings (SSSR count). The fraction of sp³-hybridized carbons (Fsp3) is 0.350. The first-order valence-electron chi connectivity index (χ1n) is 9.04. The Kier molecular flexibility index (Phi) is 4.93. The van der Waals surface area contributed by atoms with E-state index in [2.05, 4.69) is 32.4 Å². The normalized spacial score (nSPS) is 15.3. The molecule has 3 aromatic rings. The minimum absolute atomic E-state index is 0.148. The fourth-order valence-corrected chi connectivity index (χ4v) is 3.99. The van der Waals surface area contributed by atoms with Crippen molar-refractivity contribution in [2.24, 2.45) is 0 Å². The number of rotatable bonds is 4. The third-order valence-corrected chi connectivity index (χ3v) is 5.70. The molecule has 2 N–H and O–H groups in total. The van der Waals surface area contributed by atoms with Gasteiger partial charge in [-0.3, -0.25) is 9.78 Å². The van der Waals surface area contributed by atoms with Gasteiger partial charge in [-0.15, -0.1) is 11.8 Å². The first kappa shape index (κ1) is 17.1. The van der Waals surface area contributed by atoms with Crippen molar-refractivity contribution in [1.82, 2.24) is 15.0 Å². The van der Waals surface area contributed by atoms with E-state index in [-0.39, 0.29) is 5.56 Å². The molecule has 6 heteroatoms. The molecule has 0 aliphatic heterocycles. The molecule has 1 fully saturated rings. The number of nitrogens with one attached hydrogen (secondary N) is 2. The van der Waals surface area contributed by atoms with Crippen molar-refractivity contribution >= 4 is 28.7 Å². The minimum atomic E-state index is -0.148. The number of nitrogens with zero attached hydrogens (tertiary/aromatic N) is 2. The van der Waals surface area contributed by atoms with Crippen LogP contribution in [0.1, 0.15) is 32.1 Å². The summed E-state index contributed by atoms with van der Waals surface area (Å²) in [5.74, 6) is 0.525. The summed E-state index contributed by atoms with van der Waals surface area (Å²) >= 11 is 1.70. The van der Waals surface area contributed by atoms with E-state index in [4.69, 9.17) is 0 Å². The predicted octanol–water partition coefficient (Wildman–Crippen LogP) is 4.45. The molecule has 134 valence electrons. The van der Waals surface area contributed by atoms with Crippen LogP contribution in [-0.4, -0.2) is 27.2 Å². The highest BCUT2D eigenvalue weighted by Crippen LogP contribution is 2.27. The summed E-state index contributed by atoms with van der Waals surface area (Å²) in [5.41, 5.74) is 2.19. The zero-order valence-electron chi connectivity index (χ0n) is 14.8. The molecule has 1 aliphatic carbocycles. The highest BCUT2D eigenvalue weighted by atomic mass is 32.2. The number of hydrogen-bond donors (Lipinski definition) is 2. The van der Waals surface area contributed by atoms with Gasteiger partial charge in [-0.25, -0.2) is 4.98 Å². The molecular weight excluding hydrogens is 344 g/mol. The van der Waals surface area contributed by atoms with Gasteiger partial charge in [-0.2, -0.15) is 4.98 Å². The Morgan fingerprint density at radius 2 is 1.88 bits per heavy atom. The molecule has 0 radical (unpaired) electrons. The van der Waals surface area contributed by atoms with Gasteiger partial charge in [0.1, 0.15) is 0 Å². The predicted molar refractivity (Wildman–Crippen MR) is 108 cm³/mol. The molecule has 0 unspecified atom stereocenters. The molecule has 1 aromatic carbocycles. The summed E-state index contributed by atoms with van der Waals surface area (Å²) in [7, 11) is 0. The molecule has 0 atom stereocenters. The summed E-state index contributed by atoms with van der Waals surface area (Å²) in [6.07, 6.45) is 9.76. The average Bonchev–Trinajstić information content (AvgIpc) is 2.68. The number of aromatic amines is 1. The Morgan fingerprint density at radius 3 is 2.62 bits per heavy atom. The van der Waals surface area contributed by atoms with Crippen molar-refractivity contribution < 1.29 is 0 Å². The first-order chi connectivity index (χ1) is 12.7. The topological polar surface area (TPSA) is 70.7 Å². The highest BCUT2D eigenvalue weighted by molar-refractivity contribution is 7.98. The van der Waals surface area contributed by atoms with Gasteiger partial charge in [0, 0.05) is 17.1 Å². The third-order valence-electron chi connectivity index (χ3n) is 4.95. The van der Waals surface area contributed by atoms with E-state index in [1.165, 1.54) is 24.2 Å². The van der Waals surface area contributed by atoms with E-state index in [1.807, 2.05) is 24.5 Å². The minimum Gasteiger partial charge on any atom is -0.353 e. The highest BCUT2D eigenvalue weighted by Gasteiger charge is 2.16. The van der Waals surface area contributed by atoms with E-state index in [0.717, 1.165) is 24.0 Å². The number of anilines is 1. The van der Waals surface area contributed by atoms with Crippen molar-refractivity contribution in [1.29, 1.82) is 0 Å². The lowest BCUT2D eigenvalue weighted by Crippen LogP contribution is -2.25. The van der Waals surface area contributed by atoms with Crippen LogP contribution in [0, 0.1) is 0 Å². The van der Waals surface area contributed by atoms with Gasteiger partial charge < -0.3 is 5.32 Å². The fourth-order valence-electron chi connectivity index (χ4n) is 3.58. The van der Waals surface area contributed by atoms with Gasteiger partial charge in [-0.1, -0.05) is 31.4 Å². The molecule has 26 heavy (non-hydrogen) atoms. The quantitative estimate of drug-likeness (QED) is 0.668. The van der Waals surface area contributed by atoms with Crippen LogP contribution in [0.5, 0.6) is 0 Å². The van der Waals surface area contributed by atoms with Crippen molar-refractivity contribution in [3.8, 4) is 11.1 Å². The van der Waals surface area contributed by atoms with Crippen LogP contribution < -0.4 is 10.9 Å². The molecular formula is C20H22N4OS. The number of H-pyrrole nitrogens is 1. The number of hydrogen-bond acceptors (Lipinski definition) is 5. The van der Waals surface area contributed by atoms with Crippen molar-refractivity contribution in [2.75, 3.05) is 11.6 Å². The smallest absolute Gasteiger partial charge is 0.262 e.